The molecule has 0 aliphatic heterocycles. The van der Waals surface area contributed by atoms with Gasteiger partial charge in [-0.15, -0.1) is 0 Å². The van der Waals surface area contributed by atoms with Gasteiger partial charge in [0.15, 0.2) is 0 Å². The summed E-state index contributed by atoms with van der Waals surface area (Å²) in [5.74, 6) is 0.811. The summed E-state index contributed by atoms with van der Waals surface area (Å²) in [6.45, 7) is 9.74. The Morgan fingerprint density at radius 1 is 1.28 bits per heavy atom. The molecule has 18 heavy (non-hydrogen) atoms. The number of hydrogen-bond donors (Lipinski definition) is 1. The van der Waals surface area contributed by atoms with Gasteiger partial charge in [-0.2, -0.15) is 5.10 Å². The first-order valence-electron chi connectivity index (χ1n) is 6.83. The van der Waals surface area contributed by atoms with Crippen molar-refractivity contribution in [2.45, 2.75) is 59.5 Å². The van der Waals surface area contributed by atoms with Crippen molar-refractivity contribution in [3.63, 3.8) is 0 Å². The Hall–Kier alpha value is -0.350. The van der Waals surface area contributed by atoms with Gasteiger partial charge < -0.3 is 5.32 Å². The van der Waals surface area contributed by atoms with Crippen molar-refractivity contribution in [3.05, 3.63) is 15.9 Å². The van der Waals surface area contributed by atoms with Crippen molar-refractivity contribution in [2.75, 3.05) is 0 Å². The van der Waals surface area contributed by atoms with E-state index in [-0.39, 0.29) is 0 Å². The van der Waals surface area contributed by atoms with Gasteiger partial charge in [0, 0.05) is 19.6 Å². The molecule has 0 spiro atoms. The molecular weight excluding hydrogens is 290 g/mol. The Bertz CT molecular complexity index is 371. The fourth-order valence-electron chi connectivity index (χ4n) is 2.08. The first-order chi connectivity index (χ1) is 8.41. The molecule has 1 rings (SSSR count). The summed E-state index contributed by atoms with van der Waals surface area (Å²) in [7, 11) is 2.00. The summed E-state index contributed by atoms with van der Waals surface area (Å²) in [5.41, 5.74) is 2.28. The summed E-state index contributed by atoms with van der Waals surface area (Å²) in [6, 6.07) is 0.561. The lowest BCUT2D eigenvalue weighted by atomic mass is 10.0. The highest BCUT2D eigenvalue weighted by Crippen LogP contribution is 2.20. The minimum absolute atomic E-state index is 0.561. The molecule has 0 amide bonds. The van der Waals surface area contributed by atoms with E-state index in [4.69, 9.17) is 0 Å². The van der Waals surface area contributed by atoms with Crippen molar-refractivity contribution in [1.29, 1.82) is 0 Å². The van der Waals surface area contributed by atoms with Crippen LogP contribution in [-0.4, -0.2) is 15.8 Å². The van der Waals surface area contributed by atoms with Crippen LogP contribution in [0.5, 0.6) is 0 Å². The Morgan fingerprint density at radius 2 is 1.94 bits per heavy atom. The Labute approximate surface area is 119 Å². The fourth-order valence-corrected chi connectivity index (χ4v) is 2.55. The molecule has 0 bridgehead atoms. The zero-order chi connectivity index (χ0) is 13.7. The average molecular weight is 316 g/mol. The van der Waals surface area contributed by atoms with Crippen LogP contribution >= 0.6 is 15.9 Å². The van der Waals surface area contributed by atoms with Crippen LogP contribution in [0.15, 0.2) is 4.47 Å². The normalized spacial score (nSPS) is 13.3. The first-order valence-corrected chi connectivity index (χ1v) is 7.62. The van der Waals surface area contributed by atoms with E-state index >= 15 is 0 Å². The van der Waals surface area contributed by atoms with E-state index in [1.54, 1.807) is 0 Å². The number of aryl methyl sites for hydroxylation is 2. The first kappa shape index (κ1) is 15.7. The van der Waals surface area contributed by atoms with Crippen LogP contribution in [0.25, 0.3) is 0 Å². The minimum Gasteiger partial charge on any atom is -0.309 e. The molecule has 0 radical (unpaired) electrons. The molecule has 0 fully saturated rings. The van der Waals surface area contributed by atoms with Crippen molar-refractivity contribution < 1.29 is 0 Å². The maximum absolute atomic E-state index is 4.40. The van der Waals surface area contributed by atoms with Crippen molar-refractivity contribution in [2.24, 2.45) is 13.0 Å². The number of hydrogen-bond acceptors (Lipinski definition) is 2. The van der Waals surface area contributed by atoms with E-state index in [0.29, 0.717) is 6.04 Å². The second-order valence-corrected chi connectivity index (χ2v) is 6.37. The van der Waals surface area contributed by atoms with Crippen LogP contribution in [0, 0.1) is 12.8 Å². The van der Waals surface area contributed by atoms with Crippen LogP contribution in [0.3, 0.4) is 0 Å². The van der Waals surface area contributed by atoms with E-state index in [1.807, 2.05) is 18.7 Å². The predicted molar refractivity (Wildman–Crippen MR) is 80.6 cm³/mol. The summed E-state index contributed by atoms with van der Waals surface area (Å²) in [6.07, 6.45) is 3.87. The van der Waals surface area contributed by atoms with Crippen LogP contribution in [0.2, 0.25) is 0 Å². The van der Waals surface area contributed by atoms with Crippen LogP contribution in [-0.2, 0) is 13.6 Å². The van der Waals surface area contributed by atoms with Gasteiger partial charge in [-0.05, 0) is 42.1 Å². The third kappa shape index (κ3) is 4.73. The Balaban J connectivity index is 2.36. The van der Waals surface area contributed by atoms with Gasteiger partial charge in [0.2, 0.25) is 0 Å². The van der Waals surface area contributed by atoms with Crippen LogP contribution in [0.1, 0.15) is 51.4 Å². The Kier molecular flexibility index (Phi) is 6.36. The molecule has 1 aromatic heterocycles. The van der Waals surface area contributed by atoms with Crippen molar-refractivity contribution in [3.8, 4) is 0 Å². The van der Waals surface area contributed by atoms with Crippen LogP contribution < -0.4 is 5.32 Å². The van der Waals surface area contributed by atoms with E-state index in [1.165, 1.54) is 25.0 Å². The third-order valence-corrected chi connectivity index (χ3v) is 4.33. The van der Waals surface area contributed by atoms with Gasteiger partial charge in [-0.3, -0.25) is 4.68 Å². The Morgan fingerprint density at radius 3 is 2.44 bits per heavy atom. The van der Waals surface area contributed by atoms with E-state index < -0.39 is 0 Å². The second-order valence-electron chi connectivity index (χ2n) is 5.58. The maximum Gasteiger partial charge on any atom is 0.0739 e. The largest absolute Gasteiger partial charge is 0.309 e. The molecule has 1 heterocycles. The van der Waals surface area contributed by atoms with Gasteiger partial charge in [0.05, 0.1) is 15.9 Å². The third-order valence-electron chi connectivity index (χ3n) is 3.30. The number of rotatable bonds is 7. The predicted octanol–water partition coefficient (Wildman–Crippen LogP) is 3.80. The fraction of sp³-hybridized carbons (Fsp3) is 0.786. The summed E-state index contributed by atoms with van der Waals surface area (Å²) < 4.78 is 3.08. The van der Waals surface area contributed by atoms with E-state index in [9.17, 15) is 0 Å². The molecular formula is C14H26BrN3. The monoisotopic (exact) mass is 315 g/mol. The highest BCUT2D eigenvalue weighted by molar-refractivity contribution is 9.10. The van der Waals surface area contributed by atoms with Gasteiger partial charge >= 0.3 is 0 Å². The summed E-state index contributed by atoms with van der Waals surface area (Å²) in [4.78, 5) is 0. The second kappa shape index (κ2) is 7.29. The molecule has 1 atom stereocenters. The molecule has 3 nitrogen and oxygen atoms in total. The van der Waals surface area contributed by atoms with Crippen LogP contribution in [0.4, 0.5) is 0 Å². The molecule has 0 saturated heterocycles. The SMILES string of the molecule is Cc1nn(C)c(CNC(C)CCCC(C)C)c1Br. The van der Waals surface area contributed by atoms with Crippen molar-refractivity contribution in [1.82, 2.24) is 15.1 Å². The lowest BCUT2D eigenvalue weighted by molar-refractivity contribution is 0.451. The highest BCUT2D eigenvalue weighted by atomic mass is 79.9. The molecule has 104 valence electrons. The minimum atomic E-state index is 0.561. The number of aromatic nitrogens is 2. The number of nitrogens with one attached hydrogen (secondary N) is 1. The lowest BCUT2D eigenvalue weighted by Crippen LogP contribution is -2.26. The van der Waals surface area contributed by atoms with E-state index in [0.717, 1.165) is 22.6 Å². The van der Waals surface area contributed by atoms with Gasteiger partial charge in [0.25, 0.3) is 0 Å². The van der Waals surface area contributed by atoms with E-state index in [2.05, 4.69) is 47.1 Å². The average Bonchev–Trinajstić information content (AvgIpc) is 2.50. The maximum atomic E-state index is 4.40. The number of halogens is 1. The number of nitrogens with zero attached hydrogens (tertiary/aromatic N) is 2. The molecule has 1 unspecified atom stereocenters. The summed E-state index contributed by atoms with van der Waals surface area (Å²) >= 11 is 3.60. The molecule has 4 heteroatoms. The standard InChI is InChI=1S/C14H26BrN3/c1-10(2)7-6-8-11(3)16-9-13-14(15)12(4)17-18(13)5/h10-11,16H,6-9H2,1-5H3. The zero-order valence-corrected chi connectivity index (χ0v) is 13.8. The van der Waals surface area contributed by atoms with Gasteiger partial charge in [-0.25, -0.2) is 0 Å². The van der Waals surface area contributed by atoms with Crippen molar-refractivity contribution >= 4 is 15.9 Å². The van der Waals surface area contributed by atoms with Gasteiger partial charge in [-0.1, -0.05) is 26.7 Å². The molecule has 1 N–H and O–H groups in total. The molecule has 0 aliphatic carbocycles. The highest BCUT2D eigenvalue weighted by Gasteiger charge is 2.11. The zero-order valence-electron chi connectivity index (χ0n) is 12.3. The summed E-state index contributed by atoms with van der Waals surface area (Å²) in [5, 5.41) is 7.98. The van der Waals surface area contributed by atoms with Gasteiger partial charge in [0.1, 0.15) is 0 Å². The molecule has 0 saturated carbocycles. The lowest BCUT2D eigenvalue weighted by Gasteiger charge is -2.14. The molecule has 0 aromatic carbocycles. The smallest absolute Gasteiger partial charge is 0.0739 e. The molecule has 0 aliphatic rings. The topological polar surface area (TPSA) is 29.9 Å². The molecule has 1 aromatic rings. The quantitative estimate of drug-likeness (QED) is 0.829.